The summed E-state index contributed by atoms with van der Waals surface area (Å²) in [4.78, 5) is 0. The second-order valence-electron chi connectivity index (χ2n) is 3.52. The molecule has 96 valence electrons. The first-order valence-electron chi connectivity index (χ1n) is 4.56. The number of nitrogens with two attached hydrogens (primary N) is 1. The highest BCUT2D eigenvalue weighted by Gasteiger charge is 2.19. The minimum atomic E-state index is -4.03. The van der Waals surface area contributed by atoms with Gasteiger partial charge in [0.2, 0.25) is 10.0 Å². The Kier molecular flexibility index (Phi) is 4.12. The molecule has 0 spiro atoms. The number of methoxy groups -OCH3 is 1. The summed E-state index contributed by atoms with van der Waals surface area (Å²) in [6, 6.07) is 6.31. The highest BCUT2D eigenvalue weighted by molar-refractivity contribution is 8.06. The predicted molar refractivity (Wildman–Crippen MR) is 63.6 cm³/mol. The lowest BCUT2D eigenvalue weighted by molar-refractivity contribution is 0.414. The van der Waals surface area contributed by atoms with Crippen molar-refractivity contribution in [2.45, 2.75) is 5.75 Å². The van der Waals surface area contributed by atoms with Crippen LogP contribution in [0.4, 0.5) is 0 Å². The van der Waals surface area contributed by atoms with E-state index in [0.29, 0.717) is 11.3 Å². The highest BCUT2D eigenvalue weighted by Crippen LogP contribution is 2.14. The van der Waals surface area contributed by atoms with E-state index in [2.05, 4.69) is 0 Å². The smallest absolute Gasteiger partial charge is 0.223 e. The van der Waals surface area contributed by atoms with Crippen molar-refractivity contribution in [1.82, 2.24) is 0 Å². The van der Waals surface area contributed by atoms with E-state index < -0.39 is 24.9 Å². The molecule has 0 aliphatic heterocycles. The van der Waals surface area contributed by atoms with Crippen molar-refractivity contribution in [3.05, 3.63) is 29.8 Å². The first-order chi connectivity index (χ1) is 7.72. The van der Waals surface area contributed by atoms with Gasteiger partial charge in [-0.3, -0.25) is 0 Å². The molecule has 0 aliphatic rings. The zero-order chi connectivity index (χ0) is 13.1. The van der Waals surface area contributed by atoms with Gasteiger partial charge in [0, 0.05) is 0 Å². The molecule has 0 radical (unpaired) electrons. The van der Waals surface area contributed by atoms with E-state index in [0.717, 1.165) is 0 Å². The van der Waals surface area contributed by atoms with Gasteiger partial charge in [0.15, 0.2) is 14.9 Å². The number of benzene rings is 1. The number of hydrogen-bond acceptors (Lipinski definition) is 5. The molecule has 0 aliphatic carbocycles. The van der Waals surface area contributed by atoms with Crippen molar-refractivity contribution in [2.24, 2.45) is 5.14 Å². The van der Waals surface area contributed by atoms with Crippen LogP contribution in [0, 0.1) is 0 Å². The molecule has 0 bridgehead atoms. The fourth-order valence-corrected chi connectivity index (χ4v) is 4.30. The number of hydrogen-bond donors (Lipinski definition) is 1. The van der Waals surface area contributed by atoms with Crippen LogP contribution in [0.3, 0.4) is 0 Å². The third-order valence-corrected chi connectivity index (χ3v) is 5.41. The van der Waals surface area contributed by atoms with Crippen LogP contribution in [0.25, 0.3) is 0 Å². The molecule has 0 atom stereocenters. The van der Waals surface area contributed by atoms with Crippen LogP contribution in [-0.2, 0) is 25.6 Å². The average molecular weight is 279 g/mol. The molecule has 0 saturated carbocycles. The normalized spacial score (nSPS) is 12.4. The molecule has 1 rings (SSSR count). The van der Waals surface area contributed by atoms with E-state index in [1.807, 2.05) is 0 Å². The van der Waals surface area contributed by atoms with Crippen LogP contribution in [0.1, 0.15) is 5.56 Å². The second kappa shape index (κ2) is 5.03. The van der Waals surface area contributed by atoms with E-state index >= 15 is 0 Å². The van der Waals surface area contributed by atoms with Crippen molar-refractivity contribution in [3.63, 3.8) is 0 Å². The van der Waals surface area contributed by atoms with Gasteiger partial charge in [-0.2, -0.15) is 0 Å². The molecule has 0 heterocycles. The molecular weight excluding hydrogens is 266 g/mol. The standard InChI is InChI=1S/C9H13NO5S2/c1-15-9-4-2-8(3-5-9)6-16(11,12)7-17(10,13)14/h2-5H,6-7H2,1H3,(H2,10,13,14). The van der Waals surface area contributed by atoms with Crippen LogP contribution in [0.5, 0.6) is 5.75 Å². The van der Waals surface area contributed by atoms with Gasteiger partial charge in [0.25, 0.3) is 0 Å². The van der Waals surface area contributed by atoms with Crippen molar-refractivity contribution in [3.8, 4) is 5.75 Å². The molecule has 0 aromatic heterocycles. The van der Waals surface area contributed by atoms with E-state index in [1.54, 1.807) is 24.3 Å². The Morgan fingerprint density at radius 1 is 1.12 bits per heavy atom. The van der Waals surface area contributed by atoms with Gasteiger partial charge in [-0.1, -0.05) is 12.1 Å². The molecular formula is C9H13NO5S2. The highest BCUT2D eigenvalue weighted by atomic mass is 32.3. The van der Waals surface area contributed by atoms with Gasteiger partial charge in [-0.05, 0) is 17.7 Å². The van der Waals surface area contributed by atoms with Crippen molar-refractivity contribution >= 4 is 19.9 Å². The van der Waals surface area contributed by atoms with E-state index in [1.165, 1.54) is 7.11 Å². The Labute approximate surface area is 100 Å². The van der Waals surface area contributed by atoms with Gasteiger partial charge >= 0.3 is 0 Å². The molecule has 17 heavy (non-hydrogen) atoms. The molecule has 0 saturated heterocycles. The largest absolute Gasteiger partial charge is 0.497 e. The molecule has 6 nitrogen and oxygen atoms in total. The SMILES string of the molecule is COc1ccc(CS(=O)(=O)CS(N)(=O)=O)cc1. The maximum atomic E-state index is 11.5. The minimum Gasteiger partial charge on any atom is -0.497 e. The minimum absolute atomic E-state index is 0.368. The summed E-state index contributed by atoms with van der Waals surface area (Å²) in [6.07, 6.45) is 0. The van der Waals surface area contributed by atoms with Crippen molar-refractivity contribution in [2.75, 3.05) is 12.2 Å². The van der Waals surface area contributed by atoms with Crippen molar-refractivity contribution < 1.29 is 21.6 Å². The number of primary sulfonamides is 1. The quantitative estimate of drug-likeness (QED) is 0.807. The van der Waals surface area contributed by atoms with Crippen LogP contribution in [0.2, 0.25) is 0 Å². The summed E-state index contributed by atoms with van der Waals surface area (Å²) in [5, 5.41) is 3.64. The zero-order valence-corrected chi connectivity index (χ0v) is 10.8. The summed E-state index contributed by atoms with van der Waals surface area (Å²) >= 11 is 0. The average Bonchev–Trinajstić information content (AvgIpc) is 2.14. The molecule has 0 amide bonds. The Bertz CT molecular complexity index is 574. The molecule has 0 fully saturated rings. The van der Waals surface area contributed by atoms with Crippen LogP contribution in [-0.4, -0.2) is 29.0 Å². The fraction of sp³-hybridized carbons (Fsp3) is 0.333. The number of ether oxygens (including phenoxy) is 1. The third-order valence-electron chi connectivity index (χ3n) is 1.89. The fourth-order valence-electron chi connectivity index (χ4n) is 1.27. The van der Waals surface area contributed by atoms with E-state index in [4.69, 9.17) is 9.88 Å². The van der Waals surface area contributed by atoms with Crippen molar-refractivity contribution in [1.29, 1.82) is 0 Å². The zero-order valence-electron chi connectivity index (χ0n) is 9.16. The van der Waals surface area contributed by atoms with E-state index in [9.17, 15) is 16.8 Å². The summed E-state index contributed by atoms with van der Waals surface area (Å²) in [6.45, 7) is 0. The monoisotopic (exact) mass is 279 g/mol. The number of sulfonamides is 1. The maximum absolute atomic E-state index is 11.5. The lowest BCUT2D eigenvalue weighted by atomic mass is 10.2. The summed E-state index contributed by atoms with van der Waals surface area (Å²) in [5.41, 5.74) is 0.481. The topological polar surface area (TPSA) is 104 Å². The summed E-state index contributed by atoms with van der Waals surface area (Å²) in [7, 11) is -6.30. The number of rotatable bonds is 5. The van der Waals surface area contributed by atoms with Gasteiger partial charge in [-0.25, -0.2) is 22.0 Å². The van der Waals surface area contributed by atoms with Crippen LogP contribution < -0.4 is 9.88 Å². The second-order valence-corrected chi connectivity index (χ2v) is 7.56. The molecule has 1 aromatic rings. The third kappa shape index (κ3) is 5.16. The van der Waals surface area contributed by atoms with Crippen LogP contribution >= 0.6 is 0 Å². The molecule has 8 heteroatoms. The van der Waals surface area contributed by atoms with Crippen LogP contribution in [0.15, 0.2) is 24.3 Å². The maximum Gasteiger partial charge on any atom is 0.223 e. The van der Waals surface area contributed by atoms with Gasteiger partial charge in [-0.15, -0.1) is 0 Å². The van der Waals surface area contributed by atoms with E-state index in [-0.39, 0.29) is 5.75 Å². The Morgan fingerprint density at radius 3 is 2.06 bits per heavy atom. The molecule has 1 aromatic carbocycles. The summed E-state index contributed by atoms with van der Waals surface area (Å²) < 4.78 is 49.3. The first-order valence-corrected chi connectivity index (χ1v) is 8.09. The Balaban J connectivity index is 2.83. The summed E-state index contributed by atoms with van der Waals surface area (Å²) in [5.74, 6) is 0.227. The molecule has 0 unspecified atom stereocenters. The lowest BCUT2D eigenvalue weighted by Crippen LogP contribution is -2.24. The number of sulfone groups is 1. The Hall–Kier alpha value is -1.12. The van der Waals surface area contributed by atoms with Gasteiger partial charge in [0.1, 0.15) is 5.75 Å². The van der Waals surface area contributed by atoms with Gasteiger partial charge in [0.05, 0.1) is 12.9 Å². The van der Waals surface area contributed by atoms with Gasteiger partial charge < -0.3 is 4.74 Å². The Morgan fingerprint density at radius 2 is 1.65 bits per heavy atom. The predicted octanol–water partition coefficient (Wildman–Crippen LogP) is -0.144. The molecule has 2 N–H and O–H groups in total. The first kappa shape index (κ1) is 13.9. The lowest BCUT2D eigenvalue weighted by Gasteiger charge is -2.04.